The van der Waals surface area contributed by atoms with Gasteiger partial charge >= 0.3 is 0 Å². The van der Waals surface area contributed by atoms with E-state index >= 15 is 0 Å². The summed E-state index contributed by atoms with van der Waals surface area (Å²) in [5.41, 5.74) is 2.64. The van der Waals surface area contributed by atoms with Crippen LogP contribution in [0.2, 0.25) is 0 Å². The van der Waals surface area contributed by atoms with Crippen LogP contribution in [0.25, 0.3) is 0 Å². The Morgan fingerprint density at radius 1 is 1.00 bits per heavy atom. The normalized spacial score (nSPS) is 13.1. The van der Waals surface area contributed by atoms with Crippen molar-refractivity contribution < 1.29 is 18.8 Å². The summed E-state index contributed by atoms with van der Waals surface area (Å²) in [6.07, 6.45) is 1.49. The van der Waals surface area contributed by atoms with Crippen molar-refractivity contribution in [1.82, 2.24) is 4.90 Å². The van der Waals surface area contributed by atoms with Gasteiger partial charge in [0.1, 0.15) is 5.76 Å². The second-order valence-corrected chi connectivity index (χ2v) is 7.27. The Labute approximate surface area is 168 Å². The molecule has 0 unspecified atom stereocenters. The van der Waals surface area contributed by atoms with Crippen LogP contribution in [0.15, 0.2) is 65.3 Å². The van der Waals surface area contributed by atoms with Gasteiger partial charge in [-0.15, -0.1) is 0 Å². The molecule has 6 heteroatoms. The fourth-order valence-electron chi connectivity index (χ4n) is 3.31. The minimum atomic E-state index is -0.433. The van der Waals surface area contributed by atoms with E-state index in [1.165, 1.54) is 18.4 Å². The smallest absolute Gasteiger partial charge is 0.261 e. The van der Waals surface area contributed by atoms with Crippen molar-refractivity contribution in [3.05, 3.63) is 88.9 Å². The van der Waals surface area contributed by atoms with Crippen LogP contribution in [0.1, 0.15) is 62.2 Å². The first-order valence-corrected chi connectivity index (χ1v) is 9.38. The third-order valence-corrected chi connectivity index (χ3v) is 4.94. The van der Waals surface area contributed by atoms with Crippen LogP contribution in [0.3, 0.4) is 0 Å². The molecule has 1 aliphatic heterocycles. The van der Waals surface area contributed by atoms with Crippen LogP contribution in [-0.2, 0) is 6.54 Å². The minimum Gasteiger partial charge on any atom is -0.467 e. The number of nitrogens with one attached hydrogen (secondary N) is 1. The lowest BCUT2D eigenvalue weighted by molar-refractivity contribution is 0.0631. The summed E-state index contributed by atoms with van der Waals surface area (Å²) in [6.45, 7) is 4.22. The zero-order chi connectivity index (χ0) is 20.5. The van der Waals surface area contributed by atoms with Crippen molar-refractivity contribution in [2.75, 3.05) is 5.32 Å². The molecule has 1 aliphatic rings. The molecule has 0 radical (unpaired) electrons. The number of hydrogen-bond donors (Lipinski definition) is 1. The van der Waals surface area contributed by atoms with E-state index in [9.17, 15) is 14.4 Å². The molecule has 29 heavy (non-hydrogen) atoms. The van der Waals surface area contributed by atoms with Crippen molar-refractivity contribution in [3.63, 3.8) is 0 Å². The van der Waals surface area contributed by atoms with Gasteiger partial charge in [0.15, 0.2) is 0 Å². The van der Waals surface area contributed by atoms with Gasteiger partial charge in [-0.2, -0.15) is 0 Å². The summed E-state index contributed by atoms with van der Waals surface area (Å²) >= 11 is 0. The number of hydrogen-bond acceptors (Lipinski definition) is 4. The molecule has 146 valence electrons. The first kappa shape index (κ1) is 18.7. The molecule has 3 amide bonds. The Morgan fingerprint density at radius 2 is 1.79 bits per heavy atom. The molecule has 0 fully saturated rings. The highest BCUT2D eigenvalue weighted by molar-refractivity contribution is 6.22. The van der Waals surface area contributed by atoms with E-state index in [0.717, 1.165) is 10.5 Å². The molecule has 0 aliphatic carbocycles. The Kier molecular flexibility index (Phi) is 4.76. The number of carbonyl (C=O) groups is 3. The number of rotatable bonds is 5. The zero-order valence-electron chi connectivity index (χ0n) is 16.1. The van der Waals surface area contributed by atoms with E-state index < -0.39 is 11.8 Å². The number of nitrogens with zero attached hydrogens (tertiary/aromatic N) is 1. The van der Waals surface area contributed by atoms with E-state index in [2.05, 4.69) is 19.2 Å². The summed E-state index contributed by atoms with van der Waals surface area (Å²) in [5.74, 6) is -0.299. The number of amides is 3. The van der Waals surface area contributed by atoms with Crippen molar-refractivity contribution in [2.45, 2.75) is 26.3 Å². The van der Waals surface area contributed by atoms with Crippen LogP contribution >= 0.6 is 0 Å². The molecule has 3 aromatic rings. The van der Waals surface area contributed by atoms with Crippen LogP contribution in [0.4, 0.5) is 5.69 Å². The van der Waals surface area contributed by atoms with Gasteiger partial charge in [0, 0.05) is 11.3 Å². The predicted octanol–water partition coefficient (Wildman–Crippen LogP) is 4.45. The number of benzene rings is 2. The van der Waals surface area contributed by atoms with Crippen LogP contribution in [-0.4, -0.2) is 22.6 Å². The minimum absolute atomic E-state index is 0.0584. The molecule has 0 saturated carbocycles. The molecule has 6 nitrogen and oxygen atoms in total. The monoisotopic (exact) mass is 388 g/mol. The summed E-state index contributed by atoms with van der Waals surface area (Å²) in [5, 5.41) is 2.85. The molecular weight excluding hydrogens is 368 g/mol. The highest BCUT2D eigenvalue weighted by Crippen LogP contribution is 2.26. The average molecular weight is 388 g/mol. The number of fused-ring (bicyclic) bond motifs is 1. The summed E-state index contributed by atoms with van der Waals surface area (Å²) < 4.78 is 5.24. The van der Waals surface area contributed by atoms with Gasteiger partial charge in [-0.1, -0.05) is 26.0 Å². The van der Waals surface area contributed by atoms with E-state index in [-0.39, 0.29) is 18.0 Å². The maximum atomic E-state index is 12.7. The topological polar surface area (TPSA) is 79.6 Å². The quantitative estimate of drug-likeness (QED) is 0.655. The Bertz CT molecular complexity index is 1100. The summed E-state index contributed by atoms with van der Waals surface area (Å²) in [4.78, 5) is 39.1. The second kappa shape index (κ2) is 7.39. The lowest BCUT2D eigenvalue weighted by Crippen LogP contribution is -2.28. The lowest BCUT2D eigenvalue weighted by Gasteiger charge is -2.11. The fraction of sp³-hybridized carbons (Fsp3) is 0.174. The third kappa shape index (κ3) is 3.57. The van der Waals surface area contributed by atoms with Gasteiger partial charge in [-0.3, -0.25) is 19.3 Å². The summed E-state index contributed by atoms with van der Waals surface area (Å²) in [6, 6.07) is 15.6. The number of furan rings is 1. The van der Waals surface area contributed by atoms with Crippen molar-refractivity contribution in [2.24, 2.45) is 0 Å². The number of anilines is 1. The van der Waals surface area contributed by atoms with E-state index in [0.29, 0.717) is 28.5 Å². The molecule has 1 N–H and O–H groups in total. The molecule has 0 spiro atoms. The van der Waals surface area contributed by atoms with E-state index in [1.807, 2.05) is 24.3 Å². The molecule has 4 rings (SSSR count). The van der Waals surface area contributed by atoms with Gasteiger partial charge < -0.3 is 9.73 Å². The highest BCUT2D eigenvalue weighted by atomic mass is 16.3. The Morgan fingerprint density at radius 3 is 2.52 bits per heavy atom. The van der Waals surface area contributed by atoms with Crippen LogP contribution in [0.5, 0.6) is 0 Å². The van der Waals surface area contributed by atoms with Gasteiger partial charge in [0.25, 0.3) is 17.7 Å². The van der Waals surface area contributed by atoms with Crippen LogP contribution < -0.4 is 5.32 Å². The van der Waals surface area contributed by atoms with Gasteiger partial charge in [-0.25, -0.2) is 0 Å². The van der Waals surface area contributed by atoms with Crippen molar-refractivity contribution in [1.29, 1.82) is 0 Å². The lowest BCUT2D eigenvalue weighted by atomic mass is 10.0. The van der Waals surface area contributed by atoms with Gasteiger partial charge in [0.05, 0.1) is 23.9 Å². The Hall–Kier alpha value is -3.67. The second-order valence-electron chi connectivity index (χ2n) is 7.27. The zero-order valence-corrected chi connectivity index (χ0v) is 16.1. The molecule has 2 heterocycles. The van der Waals surface area contributed by atoms with Crippen LogP contribution in [0, 0.1) is 0 Å². The van der Waals surface area contributed by atoms with Gasteiger partial charge in [0.2, 0.25) is 0 Å². The average Bonchev–Trinajstić information content (AvgIpc) is 3.31. The molecule has 1 aromatic heterocycles. The molecule has 2 aromatic carbocycles. The van der Waals surface area contributed by atoms with Crippen molar-refractivity contribution in [3.8, 4) is 0 Å². The fourth-order valence-corrected chi connectivity index (χ4v) is 3.31. The molecule has 0 saturated heterocycles. The molecule has 0 atom stereocenters. The maximum Gasteiger partial charge on any atom is 0.261 e. The first-order chi connectivity index (χ1) is 13.9. The predicted molar refractivity (Wildman–Crippen MR) is 108 cm³/mol. The standard InChI is InChI=1S/C23H20N2O4/c1-14(2)15-5-3-6-17(11-15)24-21(26)16-8-9-19-20(12-16)23(28)25(22(19)27)13-18-7-4-10-29-18/h3-12,14H,13H2,1-2H3,(H,24,26). The maximum absolute atomic E-state index is 12.7. The SMILES string of the molecule is CC(C)c1cccc(NC(=O)c2ccc3c(c2)C(=O)N(Cc2ccco2)C3=O)c1. The largest absolute Gasteiger partial charge is 0.467 e. The summed E-state index contributed by atoms with van der Waals surface area (Å²) in [7, 11) is 0. The van der Waals surface area contributed by atoms with Crippen molar-refractivity contribution >= 4 is 23.4 Å². The molecule has 0 bridgehead atoms. The Balaban J connectivity index is 1.55. The number of carbonyl (C=O) groups excluding carboxylic acids is 3. The van der Waals surface area contributed by atoms with Gasteiger partial charge in [-0.05, 0) is 53.9 Å². The number of imide groups is 1. The first-order valence-electron chi connectivity index (χ1n) is 9.38. The van der Waals surface area contributed by atoms with E-state index in [1.54, 1.807) is 18.2 Å². The van der Waals surface area contributed by atoms with E-state index in [4.69, 9.17) is 4.42 Å². The molecular formula is C23H20N2O4. The third-order valence-electron chi connectivity index (χ3n) is 4.94. The highest BCUT2D eigenvalue weighted by Gasteiger charge is 2.36.